The number of aromatic nitrogens is 3. The molecular weight excluding hydrogens is 290 g/mol. The Hall–Kier alpha value is -1.50. The van der Waals surface area contributed by atoms with Crippen molar-refractivity contribution >= 4 is 5.78 Å². The number of hydrogen-bond donors (Lipinski definition) is 0. The van der Waals surface area contributed by atoms with Crippen LogP contribution in [0.5, 0.6) is 0 Å². The van der Waals surface area contributed by atoms with Crippen molar-refractivity contribution in [3.63, 3.8) is 0 Å². The van der Waals surface area contributed by atoms with E-state index in [-0.39, 0.29) is 0 Å². The Kier molecular flexibility index (Phi) is 4.29. The number of fused-ring (bicyclic) bond motifs is 1. The molecule has 1 aliphatic heterocycles. The van der Waals surface area contributed by atoms with Crippen LogP contribution < -0.4 is 0 Å². The van der Waals surface area contributed by atoms with Crippen LogP contribution in [-0.2, 0) is 11.3 Å². The maximum absolute atomic E-state index is 5.97. The molecule has 2 aliphatic rings. The summed E-state index contributed by atoms with van der Waals surface area (Å²) in [5.74, 6) is 1.65. The SMILES string of the molecule is CN1CCOC(CN(Cc2cnc3ncccn23)CC2CC2)C1. The molecule has 3 heterocycles. The fourth-order valence-electron chi connectivity index (χ4n) is 3.36. The summed E-state index contributed by atoms with van der Waals surface area (Å²) in [6, 6.07) is 1.96. The van der Waals surface area contributed by atoms with Gasteiger partial charge in [0.2, 0.25) is 5.78 Å². The Labute approximate surface area is 137 Å². The van der Waals surface area contributed by atoms with E-state index in [1.54, 1.807) is 6.20 Å². The Balaban J connectivity index is 1.46. The lowest BCUT2D eigenvalue weighted by molar-refractivity contribution is -0.0374. The van der Waals surface area contributed by atoms with E-state index in [0.717, 1.165) is 51.0 Å². The van der Waals surface area contributed by atoms with Crippen molar-refractivity contribution in [3.05, 3.63) is 30.4 Å². The number of likely N-dealkylation sites (N-methyl/N-ethyl adjacent to an activating group) is 1. The van der Waals surface area contributed by atoms with Crippen LogP contribution in [0.25, 0.3) is 5.78 Å². The van der Waals surface area contributed by atoms with Crippen LogP contribution in [-0.4, -0.2) is 70.1 Å². The first kappa shape index (κ1) is 15.1. The van der Waals surface area contributed by atoms with Gasteiger partial charge in [-0.05, 0) is 31.9 Å². The van der Waals surface area contributed by atoms with Gasteiger partial charge in [-0.15, -0.1) is 0 Å². The van der Waals surface area contributed by atoms with E-state index in [9.17, 15) is 0 Å². The molecule has 0 amide bonds. The summed E-state index contributed by atoms with van der Waals surface area (Å²) in [5, 5.41) is 0. The number of rotatable bonds is 6. The highest BCUT2D eigenvalue weighted by molar-refractivity contribution is 5.30. The van der Waals surface area contributed by atoms with E-state index in [1.807, 2.05) is 18.5 Å². The summed E-state index contributed by atoms with van der Waals surface area (Å²) >= 11 is 0. The van der Waals surface area contributed by atoms with Gasteiger partial charge in [-0.1, -0.05) is 0 Å². The van der Waals surface area contributed by atoms with Crippen molar-refractivity contribution in [3.8, 4) is 0 Å². The molecule has 2 fully saturated rings. The van der Waals surface area contributed by atoms with E-state index in [4.69, 9.17) is 4.74 Å². The first-order valence-electron chi connectivity index (χ1n) is 8.57. The Morgan fingerprint density at radius 1 is 1.30 bits per heavy atom. The first-order valence-corrected chi connectivity index (χ1v) is 8.57. The summed E-state index contributed by atoms with van der Waals surface area (Å²) < 4.78 is 8.06. The zero-order valence-corrected chi connectivity index (χ0v) is 13.8. The number of nitrogens with zero attached hydrogens (tertiary/aromatic N) is 5. The van der Waals surface area contributed by atoms with Gasteiger partial charge in [-0.3, -0.25) is 9.30 Å². The standard InChI is InChI=1S/C17H25N5O/c1-20-7-8-23-16(12-20)13-21(10-14-3-4-14)11-15-9-19-17-18-5-2-6-22(15)17/h2,5-6,9,14,16H,3-4,7-8,10-13H2,1H3. The van der Waals surface area contributed by atoms with Gasteiger partial charge in [0, 0.05) is 45.1 Å². The van der Waals surface area contributed by atoms with Crippen molar-refractivity contribution in [1.82, 2.24) is 24.2 Å². The molecule has 0 spiro atoms. The maximum Gasteiger partial charge on any atom is 0.233 e. The third kappa shape index (κ3) is 3.71. The topological polar surface area (TPSA) is 45.9 Å². The Bertz CT molecular complexity index is 653. The summed E-state index contributed by atoms with van der Waals surface area (Å²) in [4.78, 5) is 13.6. The number of ether oxygens (including phenoxy) is 1. The third-order valence-corrected chi connectivity index (χ3v) is 4.77. The molecular formula is C17H25N5O. The van der Waals surface area contributed by atoms with Crippen LogP contribution in [0, 0.1) is 5.92 Å². The van der Waals surface area contributed by atoms with Crippen molar-refractivity contribution in [2.45, 2.75) is 25.5 Å². The third-order valence-electron chi connectivity index (χ3n) is 4.77. The van der Waals surface area contributed by atoms with E-state index >= 15 is 0 Å². The van der Waals surface area contributed by atoms with Crippen LogP contribution in [0.2, 0.25) is 0 Å². The molecule has 6 nitrogen and oxygen atoms in total. The molecule has 1 aliphatic carbocycles. The van der Waals surface area contributed by atoms with Gasteiger partial charge in [0.05, 0.1) is 24.6 Å². The summed E-state index contributed by atoms with van der Waals surface area (Å²) in [5.41, 5.74) is 1.21. The number of hydrogen-bond acceptors (Lipinski definition) is 5. The lowest BCUT2D eigenvalue weighted by atomic mass is 10.2. The van der Waals surface area contributed by atoms with Crippen LogP contribution in [0.1, 0.15) is 18.5 Å². The molecule has 0 radical (unpaired) electrons. The fourth-order valence-corrected chi connectivity index (χ4v) is 3.36. The van der Waals surface area contributed by atoms with Crippen LogP contribution in [0.4, 0.5) is 0 Å². The van der Waals surface area contributed by atoms with E-state index in [2.05, 4.69) is 31.2 Å². The normalized spacial score (nSPS) is 23.0. The number of imidazole rings is 1. The monoisotopic (exact) mass is 315 g/mol. The smallest absolute Gasteiger partial charge is 0.233 e. The van der Waals surface area contributed by atoms with Crippen molar-refractivity contribution in [2.24, 2.45) is 5.92 Å². The van der Waals surface area contributed by atoms with E-state index in [0.29, 0.717) is 6.10 Å². The van der Waals surface area contributed by atoms with Gasteiger partial charge < -0.3 is 9.64 Å². The maximum atomic E-state index is 5.97. The second-order valence-corrected chi connectivity index (χ2v) is 6.93. The first-order chi connectivity index (χ1) is 11.3. The number of morpholine rings is 1. The summed E-state index contributed by atoms with van der Waals surface area (Å²) in [6.45, 7) is 5.98. The summed E-state index contributed by atoms with van der Waals surface area (Å²) in [6.07, 6.45) is 8.85. The van der Waals surface area contributed by atoms with Crippen molar-refractivity contribution in [1.29, 1.82) is 0 Å². The fraction of sp³-hybridized carbons (Fsp3) is 0.647. The summed E-state index contributed by atoms with van der Waals surface area (Å²) in [7, 11) is 2.18. The quantitative estimate of drug-likeness (QED) is 0.803. The lowest BCUT2D eigenvalue weighted by Gasteiger charge is -2.34. The minimum absolute atomic E-state index is 0.310. The highest BCUT2D eigenvalue weighted by atomic mass is 16.5. The Morgan fingerprint density at radius 3 is 3.04 bits per heavy atom. The highest BCUT2D eigenvalue weighted by Crippen LogP contribution is 2.30. The minimum Gasteiger partial charge on any atom is -0.374 e. The minimum atomic E-state index is 0.310. The molecule has 1 unspecified atom stereocenters. The molecule has 4 rings (SSSR count). The zero-order valence-electron chi connectivity index (χ0n) is 13.8. The Morgan fingerprint density at radius 2 is 2.22 bits per heavy atom. The molecule has 1 atom stereocenters. The molecule has 1 saturated heterocycles. The van der Waals surface area contributed by atoms with Crippen LogP contribution >= 0.6 is 0 Å². The van der Waals surface area contributed by atoms with Gasteiger partial charge >= 0.3 is 0 Å². The second-order valence-electron chi connectivity index (χ2n) is 6.93. The van der Waals surface area contributed by atoms with Crippen molar-refractivity contribution < 1.29 is 4.74 Å². The van der Waals surface area contributed by atoms with Gasteiger partial charge in [0.15, 0.2) is 0 Å². The predicted octanol–water partition coefficient (Wildman–Crippen LogP) is 1.27. The zero-order chi connectivity index (χ0) is 15.6. The molecule has 2 aromatic rings. The van der Waals surface area contributed by atoms with Crippen LogP contribution in [0.15, 0.2) is 24.7 Å². The molecule has 6 heteroatoms. The van der Waals surface area contributed by atoms with Crippen molar-refractivity contribution in [2.75, 3.05) is 39.8 Å². The average molecular weight is 315 g/mol. The second kappa shape index (κ2) is 6.55. The molecule has 1 saturated carbocycles. The van der Waals surface area contributed by atoms with Gasteiger partial charge in [-0.2, -0.15) is 0 Å². The molecule has 0 aromatic carbocycles. The molecule has 124 valence electrons. The molecule has 0 bridgehead atoms. The predicted molar refractivity (Wildman–Crippen MR) is 88.2 cm³/mol. The van der Waals surface area contributed by atoms with Gasteiger partial charge in [0.25, 0.3) is 0 Å². The van der Waals surface area contributed by atoms with E-state index in [1.165, 1.54) is 18.5 Å². The average Bonchev–Trinajstić information content (AvgIpc) is 3.27. The van der Waals surface area contributed by atoms with Gasteiger partial charge in [0.1, 0.15) is 0 Å². The molecule has 0 N–H and O–H groups in total. The molecule has 2 aromatic heterocycles. The van der Waals surface area contributed by atoms with E-state index < -0.39 is 0 Å². The van der Waals surface area contributed by atoms with Gasteiger partial charge in [-0.25, -0.2) is 9.97 Å². The molecule has 23 heavy (non-hydrogen) atoms. The van der Waals surface area contributed by atoms with Crippen LogP contribution in [0.3, 0.4) is 0 Å². The largest absolute Gasteiger partial charge is 0.374 e. The highest BCUT2D eigenvalue weighted by Gasteiger charge is 2.27. The lowest BCUT2D eigenvalue weighted by Crippen LogP contribution is -2.46.